The number of primary amides is 1. The third kappa shape index (κ3) is 4.32. The normalized spacial score (nSPS) is 17.8. The molecule has 0 saturated heterocycles. The van der Waals surface area contributed by atoms with Gasteiger partial charge in [-0.3, -0.25) is 9.78 Å². The van der Waals surface area contributed by atoms with Crippen LogP contribution in [-0.4, -0.2) is 37.7 Å². The maximum absolute atomic E-state index is 12.2. The topological polar surface area (TPSA) is 106 Å². The first-order valence-corrected chi connectivity index (χ1v) is 12.7. The summed E-state index contributed by atoms with van der Waals surface area (Å²) in [4.78, 5) is 21.6. The molecule has 1 saturated carbocycles. The van der Waals surface area contributed by atoms with Crippen LogP contribution in [0.3, 0.4) is 0 Å². The molecule has 6 rings (SSSR count). The molecule has 0 spiro atoms. The molecule has 1 aliphatic rings. The number of aryl methyl sites for hydroxylation is 1. The van der Waals surface area contributed by atoms with Crippen LogP contribution >= 0.6 is 0 Å². The number of nitrogens with two attached hydrogens (primary N) is 1. The molecule has 0 atom stereocenters. The van der Waals surface area contributed by atoms with Crippen LogP contribution in [-0.2, 0) is 0 Å². The maximum Gasteiger partial charge on any atom is 0.250 e. The molecule has 0 aliphatic heterocycles. The molecule has 4 N–H and O–H groups in total. The number of aliphatic hydroxyl groups excluding tert-OH is 1. The van der Waals surface area contributed by atoms with E-state index in [1.165, 1.54) is 0 Å². The van der Waals surface area contributed by atoms with Gasteiger partial charge in [0.25, 0.3) is 5.91 Å². The van der Waals surface area contributed by atoms with Gasteiger partial charge >= 0.3 is 0 Å². The summed E-state index contributed by atoms with van der Waals surface area (Å²) in [5.41, 5.74) is 12.8. The fraction of sp³-hybridized carbons (Fsp3) is 0.233. The summed E-state index contributed by atoms with van der Waals surface area (Å²) in [6.45, 7) is 2.09. The maximum atomic E-state index is 12.2. The lowest BCUT2D eigenvalue weighted by Gasteiger charge is -2.28. The molecule has 1 amide bonds. The Morgan fingerprint density at radius 3 is 2.68 bits per heavy atom. The number of amides is 1. The largest absolute Gasteiger partial charge is 0.393 e. The van der Waals surface area contributed by atoms with Crippen LogP contribution in [0.1, 0.15) is 41.6 Å². The summed E-state index contributed by atoms with van der Waals surface area (Å²) >= 11 is 0. The van der Waals surface area contributed by atoms with Crippen molar-refractivity contribution in [2.24, 2.45) is 5.73 Å². The number of para-hydroxylation sites is 1. The van der Waals surface area contributed by atoms with Crippen molar-refractivity contribution in [1.82, 2.24) is 14.5 Å². The Balaban J connectivity index is 1.43. The third-order valence-electron chi connectivity index (χ3n) is 7.38. The zero-order valence-electron chi connectivity index (χ0n) is 20.7. The second kappa shape index (κ2) is 9.33. The third-order valence-corrected chi connectivity index (χ3v) is 7.38. The highest BCUT2D eigenvalue weighted by molar-refractivity contribution is 6.00. The zero-order valence-corrected chi connectivity index (χ0v) is 20.7. The summed E-state index contributed by atoms with van der Waals surface area (Å²) in [5.74, 6) is -0.470. The molecular formula is C30H29N5O2. The highest BCUT2D eigenvalue weighted by Gasteiger charge is 2.22. The molecule has 7 nitrogen and oxygen atoms in total. The van der Waals surface area contributed by atoms with Gasteiger partial charge in [-0.1, -0.05) is 18.2 Å². The smallest absolute Gasteiger partial charge is 0.250 e. The molecule has 2 aromatic carbocycles. The zero-order chi connectivity index (χ0) is 25.5. The molecule has 186 valence electrons. The van der Waals surface area contributed by atoms with Crippen molar-refractivity contribution in [3.63, 3.8) is 0 Å². The quantitative estimate of drug-likeness (QED) is 0.307. The Morgan fingerprint density at radius 1 is 1.05 bits per heavy atom. The average molecular weight is 492 g/mol. The molecule has 0 radical (unpaired) electrons. The summed E-state index contributed by atoms with van der Waals surface area (Å²) < 4.78 is 2.06. The molecule has 37 heavy (non-hydrogen) atoms. The first-order chi connectivity index (χ1) is 18.0. The van der Waals surface area contributed by atoms with E-state index in [0.717, 1.165) is 70.0 Å². The van der Waals surface area contributed by atoms with Gasteiger partial charge in [0.2, 0.25) is 0 Å². The molecule has 3 heterocycles. The van der Waals surface area contributed by atoms with E-state index in [-0.39, 0.29) is 12.1 Å². The van der Waals surface area contributed by atoms with Crippen molar-refractivity contribution < 1.29 is 9.90 Å². The number of nitrogens with one attached hydrogen (secondary N) is 1. The lowest BCUT2D eigenvalue weighted by atomic mass is 9.92. The van der Waals surface area contributed by atoms with Crippen LogP contribution in [0.4, 0.5) is 5.69 Å². The van der Waals surface area contributed by atoms with Gasteiger partial charge in [-0.25, -0.2) is 4.98 Å². The summed E-state index contributed by atoms with van der Waals surface area (Å²) in [6.07, 6.45) is 8.77. The predicted octanol–water partition coefficient (Wildman–Crippen LogP) is 5.36. The number of pyridine rings is 2. The second-order valence-corrected chi connectivity index (χ2v) is 9.90. The predicted molar refractivity (Wildman–Crippen MR) is 147 cm³/mol. The number of anilines is 1. The van der Waals surface area contributed by atoms with Crippen LogP contribution in [0.15, 0.2) is 73.2 Å². The first-order valence-electron chi connectivity index (χ1n) is 12.7. The van der Waals surface area contributed by atoms with Gasteiger partial charge < -0.3 is 20.7 Å². The summed E-state index contributed by atoms with van der Waals surface area (Å²) in [5, 5.41) is 15.5. The van der Waals surface area contributed by atoms with Gasteiger partial charge in [0.15, 0.2) is 0 Å². The molecule has 7 heteroatoms. The van der Waals surface area contributed by atoms with Crippen molar-refractivity contribution in [2.45, 2.75) is 44.8 Å². The Morgan fingerprint density at radius 2 is 1.86 bits per heavy atom. The first kappa shape index (κ1) is 23.2. The van der Waals surface area contributed by atoms with E-state index in [9.17, 15) is 9.90 Å². The Kier molecular flexibility index (Phi) is 5.85. The minimum atomic E-state index is -0.470. The van der Waals surface area contributed by atoms with Gasteiger partial charge in [-0.2, -0.15) is 0 Å². The highest BCUT2D eigenvalue weighted by atomic mass is 16.3. The summed E-state index contributed by atoms with van der Waals surface area (Å²) in [7, 11) is 0. The number of nitrogens with zero attached hydrogens (tertiary/aromatic N) is 3. The van der Waals surface area contributed by atoms with Crippen LogP contribution < -0.4 is 11.1 Å². The van der Waals surface area contributed by atoms with E-state index in [4.69, 9.17) is 10.7 Å². The fourth-order valence-electron chi connectivity index (χ4n) is 5.45. The number of hydrogen-bond donors (Lipinski definition) is 3. The molecule has 0 unspecified atom stereocenters. The second-order valence-electron chi connectivity index (χ2n) is 9.90. The molecule has 1 fully saturated rings. The highest BCUT2D eigenvalue weighted by Crippen LogP contribution is 2.34. The van der Waals surface area contributed by atoms with Gasteiger partial charge in [0.05, 0.1) is 17.2 Å². The minimum Gasteiger partial charge on any atom is -0.393 e. The number of carbonyl (C=O) groups excluding carboxylic acids is 1. The van der Waals surface area contributed by atoms with E-state index < -0.39 is 5.91 Å². The van der Waals surface area contributed by atoms with Crippen LogP contribution in [0.5, 0.6) is 0 Å². The molecule has 1 aliphatic carbocycles. The van der Waals surface area contributed by atoms with Crippen LogP contribution in [0, 0.1) is 6.92 Å². The van der Waals surface area contributed by atoms with Gasteiger partial charge in [0.1, 0.15) is 5.65 Å². The van der Waals surface area contributed by atoms with E-state index in [1.807, 2.05) is 48.8 Å². The number of fused-ring (bicyclic) bond motifs is 2. The molecule has 5 aromatic rings. The van der Waals surface area contributed by atoms with E-state index in [2.05, 4.69) is 40.1 Å². The Labute approximate surface area is 215 Å². The van der Waals surface area contributed by atoms with E-state index in [1.54, 1.807) is 6.07 Å². The lowest BCUT2D eigenvalue weighted by molar-refractivity contribution is 0.100. The van der Waals surface area contributed by atoms with Crippen LogP contribution in [0.2, 0.25) is 0 Å². The number of aliphatic hydroxyl groups is 1. The standard InChI is InChI=1S/C30H29N5O2/c1-18-17-35(22-8-11-25(29(31)37)27(15-22)34-21-6-9-23(36)10-7-21)30-28(18)24(12-13-32-30)20-14-19-4-2-3-5-26(19)33-16-20/h2-5,8,11-17,21,23,34,36H,6-7,9-10H2,1H3,(H2,31,37)/t21-,23-. The average Bonchev–Trinajstić information content (AvgIpc) is 3.26. The van der Waals surface area contributed by atoms with Crippen LogP contribution in [0.25, 0.3) is 38.8 Å². The molecule has 0 bridgehead atoms. The number of hydrogen-bond acceptors (Lipinski definition) is 5. The lowest BCUT2D eigenvalue weighted by Crippen LogP contribution is -2.29. The fourth-order valence-corrected chi connectivity index (χ4v) is 5.45. The van der Waals surface area contributed by atoms with E-state index in [0.29, 0.717) is 11.3 Å². The van der Waals surface area contributed by atoms with Crippen molar-refractivity contribution in [3.05, 3.63) is 84.3 Å². The van der Waals surface area contributed by atoms with Gasteiger partial charge in [-0.05, 0) is 80.1 Å². The number of aromatic nitrogens is 3. The monoisotopic (exact) mass is 491 g/mol. The number of rotatable bonds is 5. The van der Waals surface area contributed by atoms with Crippen molar-refractivity contribution in [3.8, 4) is 16.8 Å². The SMILES string of the molecule is Cc1cn(-c2ccc(C(N)=O)c(N[C@H]3CC[C@H](O)CC3)c2)c2nccc(-c3cnc4ccccc4c3)c12. The number of benzene rings is 2. The van der Waals surface area contributed by atoms with Crippen molar-refractivity contribution in [1.29, 1.82) is 0 Å². The Bertz CT molecular complexity index is 1630. The van der Waals surface area contributed by atoms with E-state index >= 15 is 0 Å². The number of carbonyl (C=O) groups is 1. The van der Waals surface area contributed by atoms with Crippen molar-refractivity contribution in [2.75, 3.05) is 5.32 Å². The van der Waals surface area contributed by atoms with Gasteiger partial charge in [-0.15, -0.1) is 0 Å². The molecule has 3 aromatic heterocycles. The molecular weight excluding hydrogens is 462 g/mol. The van der Waals surface area contributed by atoms with Crippen molar-refractivity contribution >= 4 is 33.5 Å². The Hall–Kier alpha value is -4.23. The minimum absolute atomic E-state index is 0.185. The van der Waals surface area contributed by atoms with Gasteiger partial charge in [0, 0.05) is 52.3 Å². The summed E-state index contributed by atoms with van der Waals surface area (Å²) in [6, 6.07) is 18.1.